The minimum atomic E-state index is 0. The average molecular weight is 340 g/mol. The third-order valence-corrected chi connectivity index (χ3v) is 3.98. The highest BCUT2D eigenvalue weighted by molar-refractivity contribution is 9.10. The second kappa shape index (κ2) is 6.39. The van der Waals surface area contributed by atoms with Gasteiger partial charge in [-0.25, -0.2) is 0 Å². The summed E-state index contributed by atoms with van der Waals surface area (Å²) in [6.45, 7) is 4.65. The summed E-state index contributed by atoms with van der Waals surface area (Å²) in [5.41, 5.74) is 3.05. The molecule has 0 amide bonds. The third-order valence-electron chi connectivity index (χ3n) is 3.49. The number of hydrogen-bond acceptors (Lipinski definition) is 2. The molecule has 1 fully saturated rings. The van der Waals surface area contributed by atoms with Crippen molar-refractivity contribution in [2.24, 2.45) is 0 Å². The van der Waals surface area contributed by atoms with Gasteiger partial charge in [0.15, 0.2) is 0 Å². The summed E-state index contributed by atoms with van der Waals surface area (Å²) >= 11 is 3.57. The van der Waals surface area contributed by atoms with Crippen molar-refractivity contribution < 1.29 is 0 Å². The highest BCUT2D eigenvalue weighted by Gasteiger charge is 2.28. The zero-order valence-corrected chi connectivity index (χ0v) is 12.7. The number of nitrogens with zero attached hydrogens (tertiary/aromatic N) is 1. The Morgan fingerprint density at radius 3 is 2.88 bits per heavy atom. The molecular weight excluding hydrogens is 323 g/mol. The maximum absolute atomic E-state index is 3.57. The van der Waals surface area contributed by atoms with Gasteiger partial charge in [-0.05, 0) is 29.7 Å². The molecular formula is C12H17BrCl2N2. The first-order chi connectivity index (χ1) is 7.34. The van der Waals surface area contributed by atoms with Gasteiger partial charge in [0.05, 0.1) is 0 Å². The van der Waals surface area contributed by atoms with Crippen molar-refractivity contribution >= 4 is 40.7 Å². The van der Waals surface area contributed by atoms with Gasteiger partial charge in [-0.2, -0.15) is 0 Å². The van der Waals surface area contributed by atoms with Gasteiger partial charge in [0.1, 0.15) is 0 Å². The lowest BCUT2D eigenvalue weighted by Crippen LogP contribution is -2.48. The van der Waals surface area contributed by atoms with Crippen molar-refractivity contribution in [3.8, 4) is 0 Å². The minimum Gasteiger partial charge on any atom is -0.314 e. The van der Waals surface area contributed by atoms with Crippen LogP contribution in [0.15, 0.2) is 22.7 Å². The van der Waals surface area contributed by atoms with Crippen LogP contribution in [0.4, 0.5) is 0 Å². The summed E-state index contributed by atoms with van der Waals surface area (Å²) in [7, 11) is 0. The molecule has 17 heavy (non-hydrogen) atoms. The van der Waals surface area contributed by atoms with E-state index in [2.05, 4.69) is 44.3 Å². The molecule has 96 valence electrons. The predicted octanol–water partition coefficient (Wildman–Crippen LogP) is 2.80. The predicted molar refractivity (Wildman–Crippen MR) is 79.5 cm³/mol. The van der Waals surface area contributed by atoms with E-state index in [0.29, 0.717) is 6.04 Å². The molecule has 0 spiro atoms. The molecule has 3 rings (SSSR count). The molecule has 1 N–H and O–H groups in total. The highest BCUT2D eigenvalue weighted by atomic mass is 79.9. The topological polar surface area (TPSA) is 15.3 Å². The molecule has 2 aliphatic heterocycles. The van der Waals surface area contributed by atoms with Crippen LogP contribution in [0.2, 0.25) is 0 Å². The van der Waals surface area contributed by atoms with Crippen LogP contribution in [0.1, 0.15) is 17.2 Å². The Morgan fingerprint density at radius 1 is 1.24 bits per heavy atom. The van der Waals surface area contributed by atoms with Gasteiger partial charge in [0.25, 0.3) is 0 Å². The first-order valence-corrected chi connectivity index (χ1v) is 6.37. The molecule has 0 aliphatic carbocycles. The summed E-state index contributed by atoms with van der Waals surface area (Å²) in [5.74, 6) is 0. The fraction of sp³-hybridized carbons (Fsp3) is 0.500. The lowest BCUT2D eigenvalue weighted by molar-refractivity contribution is 0.152. The smallest absolute Gasteiger partial charge is 0.0476 e. The second-order valence-corrected chi connectivity index (χ2v) is 5.26. The zero-order valence-electron chi connectivity index (χ0n) is 9.49. The number of hydrogen-bond donors (Lipinski definition) is 1. The van der Waals surface area contributed by atoms with Crippen molar-refractivity contribution in [3.63, 3.8) is 0 Å². The lowest BCUT2D eigenvalue weighted by atomic mass is 9.91. The van der Waals surface area contributed by atoms with Crippen molar-refractivity contribution in [2.45, 2.75) is 12.5 Å². The Kier molecular flexibility index (Phi) is 5.74. The molecule has 1 saturated heterocycles. The first kappa shape index (κ1) is 15.3. The number of nitrogens with one attached hydrogen (secondary N) is 1. The Balaban J connectivity index is 0.000000722. The SMILES string of the molecule is Brc1ccc2c(c1)C1CNCCN1CC2.Cl.Cl. The van der Waals surface area contributed by atoms with E-state index in [1.54, 1.807) is 0 Å². The van der Waals surface area contributed by atoms with Crippen LogP contribution < -0.4 is 5.32 Å². The van der Waals surface area contributed by atoms with Gasteiger partial charge >= 0.3 is 0 Å². The van der Waals surface area contributed by atoms with Gasteiger partial charge in [0.2, 0.25) is 0 Å². The van der Waals surface area contributed by atoms with Crippen molar-refractivity contribution in [1.29, 1.82) is 0 Å². The Hall–Kier alpha value is 0.200. The van der Waals surface area contributed by atoms with Crippen LogP contribution in [0.3, 0.4) is 0 Å². The van der Waals surface area contributed by atoms with E-state index in [0.717, 1.165) is 13.1 Å². The normalized spacial score (nSPS) is 22.8. The van der Waals surface area contributed by atoms with Crippen LogP contribution in [-0.2, 0) is 6.42 Å². The Labute approximate surface area is 123 Å². The maximum atomic E-state index is 3.57. The van der Waals surface area contributed by atoms with Gasteiger partial charge in [-0.1, -0.05) is 22.0 Å². The highest BCUT2D eigenvalue weighted by Crippen LogP contribution is 2.32. The summed E-state index contributed by atoms with van der Waals surface area (Å²) < 4.78 is 1.20. The lowest BCUT2D eigenvalue weighted by Gasteiger charge is -2.40. The summed E-state index contributed by atoms with van der Waals surface area (Å²) in [6, 6.07) is 7.31. The van der Waals surface area contributed by atoms with Crippen LogP contribution in [-0.4, -0.2) is 31.1 Å². The van der Waals surface area contributed by atoms with E-state index in [4.69, 9.17) is 0 Å². The molecule has 2 heterocycles. The summed E-state index contributed by atoms with van der Waals surface area (Å²) in [4.78, 5) is 2.60. The van der Waals surface area contributed by atoms with E-state index in [1.165, 1.54) is 35.1 Å². The van der Waals surface area contributed by atoms with Gasteiger partial charge < -0.3 is 5.32 Å². The van der Waals surface area contributed by atoms with E-state index in [1.807, 2.05) is 0 Å². The largest absolute Gasteiger partial charge is 0.314 e. The second-order valence-electron chi connectivity index (χ2n) is 4.35. The number of benzene rings is 1. The first-order valence-electron chi connectivity index (χ1n) is 5.58. The van der Waals surface area contributed by atoms with Crippen molar-refractivity contribution in [2.75, 3.05) is 26.2 Å². The minimum absolute atomic E-state index is 0. The van der Waals surface area contributed by atoms with Gasteiger partial charge in [-0.15, -0.1) is 24.8 Å². The zero-order chi connectivity index (χ0) is 10.3. The van der Waals surface area contributed by atoms with Crippen LogP contribution in [0.25, 0.3) is 0 Å². The quantitative estimate of drug-likeness (QED) is 0.781. The monoisotopic (exact) mass is 338 g/mol. The summed E-state index contributed by atoms with van der Waals surface area (Å²) in [6.07, 6.45) is 1.21. The fourth-order valence-corrected chi connectivity index (χ4v) is 3.07. The van der Waals surface area contributed by atoms with Gasteiger partial charge in [-0.3, -0.25) is 4.90 Å². The number of halogens is 3. The molecule has 0 radical (unpaired) electrons. The van der Waals surface area contributed by atoms with E-state index in [9.17, 15) is 0 Å². The van der Waals surface area contributed by atoms with Crippen molar-refractivity contribution in [3.05, 3.63) is 33.8 Å². The number of piperazine rings is 1. The van der Waals surface area contributed by atoms with Crippen LogP contribution in [0, 0.1) is 0 Å². The third kappa shape index (κ3) is 2.96. The molecule has 1 unspecified atom stereocenters. The van der Waals surface area contributed by atoms with Crippen molar-refractivity contribution in [1.82, 2.24) is 10.2 Å². The molecule has 0 aromatic heterocycles. The molecule has 1 aromatic carbocycles. The Morgan fingerprint density at radius 2 is 2.06 bits per heavy atom. The standard InChI is InChI=1S/C12H15BrN2.2ClH/c13-10-2-1-9-3-5-15-6-4-14-8-12(15)11(9)7-10;;/h1-2,7,12,14H,3-6,8H2;2*1H. The molecule has 1 aromatic rings. The van der Waals surface area contributed by atoms with E-state index in [-0.39, 0.29) is 24.8 Å². The van der Waals surface area contributed by atoms with Gasteiger partial charge in [0, 0.05) is 36.7 Å². The fourth-order valence-electron chi connectivity index (χ4n) is 2.69. The number of fused-ring (bicyclic) bond motifs is 3. The van der Waals surface area contributed by atoms with E-state index >= 15 is 0 Å². The molecule has 2 aliphatic rings. The molecule has 1 atom stereocenters. The average Bonchev–Trinajstić information content (AvgIpc) is 2.29. The summed E-state index contributed by atoms with van der Waals surface area (Å²) in [5, 5.41) is 3.49. The molecule has 5 heteroatoms. The van der Waals surface area contributed by atoms with E-state index < -0.39 is 0 Å². The molecule has 0 saturated carbocycles. The number of rotatable bonds is 0. The molecule has 0 bridgehead atoms. The molecule has 2 nitrogen and oxygen atoms in total. The van der Waals surface area contributed by atoms with Crippen LogP contribution in [0.5, 0.6) is 0 Å². The van der Waals surface area contributed by atoms with Crippen LogP contribution >= 0.6 is 40.7 Å². The Bertz CT molecular complexity index is 387. The maximum Gasteiger partial charge on any atom is 0.0476 e.